The Morgan fingerprint density at radius 3 is 2.90 bits per heavy atom. The maximum Gasteiger partial charge on any atom is 0.272 e. The minimum Gasteiger partial charge on any atom is -0.364 e. The van der Waals surface area contributed by atoms with Crippen LogP contribution in [0.2, 0.25) is 0 Å². The first-order valence-corrected chi connectivity index (χ1v) is 10.6. The molecule has 4 heterocycles. The zero-order valence-electron chi connectivity index (χ0n) is 17.6. The summed E-state index contributed by atoms with van der Waals surface area (Å²) >= 11 is 0. The van der Waals surface area contributed by atoms with E-state index < -0.39 is 11.7 Å². The number of aromatic amines is 1. The van der Waals surface area contributed by atoms with E-state index in [4.69, 9.17) is 0 Å². The summed E-state index contributed by atoms with van der Waals surface area (Å²) in [5.41, 5.74) is 3.22. The lowest BCUT2D eigenvalue weighted by Crippen LogP contribution is -2.46. The molecule has 0 spiro atoms. The second-order valence-electron chi connectivity index (χ2n) is 8.20. The number of aryl methyl sites for hydroxylation is 1. The van der Waals surface area contributed by atoms with Crippen LogP contribution in [0.25, 0.3) is 5.65 Å². The van der Waals surface area contributed by atoms with Crippen LogP contribution in [0.3, 0.4) is 0 Å². The van der Waals surface area contributed by atoms with Crippen LogP contribution in [0.4, 0.5) is 10.1 Å². The Hall–Kier alpha value is -3.20. The number of nitrogens with one attached hydrogen (secondary N) is 2. The van der Waals surface area contributed by atoms with Gasteiger partial charge in [0.15, 0.2) is 11.5 Å². The first-order chi connectivity index (χ1) is 15.0. The normalized spacial score (nSPS) is 20.7. The van der Waals surface area contributed by atoms with E-state index in [1.165, 1.54) is 13.1 Å². The van der Waals surface area contributed by atoms with Gasteiger partial charge in [0.1, 0.15) is 5.65 Å². The molecule has 3 aromatic rings. The maximum absolute atomic E-state index is 14.4. The Balaban J connectivity index is 1.31. The number of carbonyl (C=O) groups excluding carboxylic acids is 1. The van der Waals surface area contributed by atoms with Crippen molar-refractivity contribution in [3.8, 4) is 0 Å². The van der Waals surface area contributed by atoms with Crippen molar-refractivity contribution >= 4 is 17.2 Å². The van der Waals surface area contributed by atoms with Gasteiger partial charge in [-0.1, -0.05) is 6.92 Å². The second-order valence-corrected chi connectivity index (χ2v) is 8.20. The number of rotatable bonds is 5. The quantitative estimate of drug-likeness (QED) is 0.649. The molecule has 9 heteroatoms. The molecule has 2 aliphatic rings. The van der Waals surface area contributed by atoms with E-state index in [0.717, 1.165) is 42.8 Å². The van der Waals surface area contributed by atoms with Crippen LogP contribution in [0.1, 0.15) is 35.0 Å². The van der Waals surface area contributed by atoms with Crippen molar-refractivity contribution < 1.29 is 9.18 Å². The third-order valence-electron chi connectivity index (χ3n) is 6.39. The molecule has 31 heavy (non-hydrogen) atoms. The van der Waals surface area contributed by atoms with Crippen LogP contribution in [0, 0.1) is 5.82 Å². The number of hydrogen-bond acceptors (Lipinski definition) is 5. The number of pyridine rings is 1. The van der Waals surface area contributed by atoms with Crippen molar-refractivity contribution in [2.45, 2.75) is 38.4 Å². The first-order valence-electron chi connectivity index (χ1n) is 10.6. The van der Waals surface area contributed by atoms with Gasteiger partial charge in [0.05, 0.1) is 11.9 Å². The minimum atomic E-state index is -0.604. The molecule has 162 valence electrons. The van der Waals surface area contributed by atoms with Crippen LogP contribution >= 0.6 is 0 Å². The van der Waals surface area contributed by atoms with Crippen molar-refractivity contribution in [1.29, 1.82) is 0 Å². The summed E-state index contributed by atoms with van der Waals surface area (Å²) in [7, 11) is 1.46. The average Bonchev–Trinajstić information content (AvgIpc) is 3.49. The summed E-state index contributed by atoms with van der Waals surface area (Å²) in [6, 6.07) is 4.15. The van der Waals surface area contributed by atoms with Gasteiger partial charge in [0, 0.05) is 68.4 Å². The lowest BCUT2D eigenvalue weighted by atomic mass is 10.2. The summed E-state index contributed by atoms with van der Waals surface area (Å²) in [4.78, 5) is 35.6. The number of carbonyl (C=O) groups is 1. The van der Waals surface area contributed by atoms with Crippen molar-refractivity contribution in [3.05, 3.63) is 63.7 Å². The van der Waals surface area contributed by atoms with E-state index in [1.54, 1.807) is 6.20 Å². The molecular weight excluding hydrogens is 399 g/mol. The number of aromatic nitrogens is 3. The maximum atomic E-state index is 14.4. The molecule has 8 nitrogen and oxygen atoms in total. The number of halogens is 1. The Kier molecular flexibility index (Phi) is 4.77. The van der Waals surface area contributed by atoms with Crippen LogP contribution in [0.15, 0.2) is 35.5 Å². The van der Waals surface area contributed by atoms with Gasteiger partial charge in [-0.05, 0) is 18.9 Å². The molecule has 2 atom stereocenters. The van der Waals surface area contributed by atoms with E-state index in [-0.39, 0.29) is 11.3 Å². The molecule has 1 saturated heterocycles. The smallest absolute Gasteiger partial charge is 0.272 e. The fraction of sp³-hybridized carbons (Fsp3) is 0.409. The van der Waals surface area contributed by atoms with Gasteiger partial charge in [-0.15, -0.1) is 0 Å². The molecule has 2 N–H and O–H groups in total. The molecular formula is C22H25FN6O2. The van der Waals surface area contributed by atoms with Crippen LogP contribution in [0.5, 0.6) is 0 Å². The standard InChI is InChI=1S/C22H25FN6O2/c1-3-13-11-28-5-4-14(20(28)26-21(13)30)12-27-6-7-29(18-9-17(18)27)15-8-16(23)19(25-10-15)22(31)24-2/h4-5,8,10-11,17-18H,3,6-7,9,12H2,1-2H3,(H,24,31)(H,26,30). The highest BCUT2D eigenvalue weighted by molar-refractivity contribution is 5.92. The summed E-state index contributed by atoms with van der Waals surface area (Å²) in [6.45, 7) is 4.31. The van der Waals surface area contributed by atoms with Crippen molar-refractivity contribution in [2.75, 3.05) is 25.0 Å². The summed E-state index contributed by atoms with van der Waals surface area (Å²) in [5.74, 6) is -1.13. The predicted octanol–water partition coefficient (Wildman–Crippen LogP) is 1.55. The second kappa shape index (κ2) is 7.49. The van der Waals surface area contributed by atoms with Crippen molar-refractivity contribution in [1.82, 2.24) is 24.6 Å². The molecule has 2 unspecified atom stereocenters. The molecule has 0 aromatic carbocycles. The van der Waals surface area contributed by atoms with Gasteiger partial charge in [-0.2, -0.15) is 0 Å². The molecule has 0 radical (unpaired) electrons. The molecule has 3 aromatic heterocycles. The molecule has 1 saturated carbocycles. The zero-order chi connectivity index (χ0) is 21.7. The summed E-state index contributed by atoms with van der Waals surface area (Å²) in [5, 5.41) is 2.40. The Bertz CT molecular complexity index is 1220. The number of piperazine rings is 1. The van der Waals surface area contributed by atoms with Gasteiger partial charge >= 0.3 is 0 Å². The highest BCUT2D eigenvalue weighted by Gasteiger charge is 2.49. The van der Waals surface area contributed by atoms with E-state index in [2.05, 4.69) is 31.2 Å². The van der Waals surface area contributed by atoms with Crippen LogP contribution in [-0.2, 0) is 13.0 Å². The molecule has 1 aliphatic carbocycles. The fourth-order valence-electron chi connectivity index (χ4n) is 4.61. The Labute approximate surface area is 178 Å². The Morgan fingerprint density at radius 1 is 1.32 bits per heavy atom. The monoisotopic (exact) mass is 424 g/mol. The summed E-state index contributed by atoms with van der Waals surface area (Å²) in [6.07, 6.45) is 7.17. The van der Waals surface area contributed by atoms with Crippen LogP contribution < -0.4 is 15.8 Å². The first kappa shape index (κ1) is 19.7. The predicted molar refractivity (Wildman–Crippen MR) is 115 cm³/mol. The van der Waals surface area contributed by atoms with Crippen molar-refractivity contribution in [3.63, 3.8) is 0 Å². The molecule has 0 bridgehead atoms. The van der Waals surface area contributed by atoms with Gasteiger partial charge < -0.3 is 19.6 Å². The number of amides is 1. The van der Waals surface area contributed by atoms with Gasteiger partial charge in [0.2, 0.25) is 0 Å². The molecule has 1 aliphatic heterocycles. The van der Waals surface area contributed by atoms with E-state index >= 15 is 0 Å². The molecule has 1 amide bonds. The number of fused-ring (bicyclic) bond motifs is 2. The largest absolute Gasteiger partial charge is 0.364 e. The van der Waals surface area contributed by atoms with Gasteiger partial charge in [0.25, 0.3) is 11.5 Å². The van der Waals surface area contributed by atoms with Gasteiger partial charge in [-0.25, -0.2) is 9.37 Å². The highest BCUT2D eigenvalue weighted by atomic mass is 19.1. The summed E-state index contributed by atoms with van der Waals surface area (Å²) < 4.78 is 16.3. The van der Waals surface area contributed by atoms with Gasteiger partial charge in [-0.3, -0.25) is 14.5 Å². The topological polar surface area (TPSA) is 85.7 Å². The fourth-order valence-corrected chi connectivity index (χ4v) is 4.61. The zero-order valence-corrected chi connectivity index (χ0v) is 17.6. The van der Waals surface area contributed by atoms with E-state index in [9.17, 15) is 14.0 Å². The number of H-pyrrole nitrogens is 1. The third kappa shape index (κ3) is 3.38. The third-order valence-corrected chi connectivity index (χ3v) is 6.39. The number of anilines is 1. The SMILES string of the molecule is CCc1cn2ccc(CN3CCN(c4cnc(C(=O)NC)c(F)c4)C4CC43)c2[nH]c1=O. The lowest BCUT2D eigenvalue weighted by molar-refractivity contribution is 0.0953. The van der Waals surface area contributed by atoms with Crippen LogP contribution in [-0.4, -0.2) is 57.4 Å². The lowest BCUT2D eigenvalue weighted by Gasteiger charge is -2.35. The van der Waals surface area contributed by atoms with E-state index in [1.807, 2.05) is 23.7 Å². The number of hydrogen-bond donors (Lipinski definition) is 2. The van der Waals surface area contributed by atoms with E-state index in [0.29, 0.717) is 24.2 Å². The highest BCUT2D eigenvalue weighted by Crippen LogP contribution is 2.40. The van der Waals surface area contributed by atoms with Crippen molar-refractivity contribution in [2.24, 2.45) is 0 Å². The Morgan fingerprint density at radius 2 is 2.16 bits per heavy atom. The average molecular weight is 424 g/mol. The molecule has 2 fully saturated rings. The molecule has 5 rings (SSSR count). The number of nitrogens with zero attached hydrogens (tertiary/aromatic N) is 4. The minimum absolute atomic E-state index is 0.0289.